The zero-order chi connectivity index (χ0) is 14.8. The third-order valence-corrected chi connectivity index (χ3v) is 3.34. The SMILES string of the molecule is NC(=O)c1cnn(-c2nc(N)nc(N3CCCCC3)n2)c1. The summed E-state index contributed by atoms with van der Waals surface area (Å²) in [6.07, 6.45) is 6.26. The lowest BCUT2D eigenvalue weighted by atomic mass is 10.1. The van der Waals surface area contributed by atoms with E-state index in [0.29, 0.717) is 5.95 Å². The molecule has 0 radical (unpaired) electrons. The van der Waals surface area contributed by atoms with Gasteiger partial charge in [0, 0.05) is 19.3 Å². The molecule has 0 spiro atoms. The average Bonchev–Trinajstić information content (AvgIpc) is 2.98. The van der Waals surface area contributed by atoms with Gasteiger partial charge in [-0.1, -0.05) is 0 Å². The summed E-state index contributed by atoms with van der Waals surface area (Å²) in [5, 5.41) is 4.02. The van der Waals surface area contributed by atoms with Gasteiger partial charge in [0.25, 0.3) is 11.9 Å². The highest BCUT2D eigenvalue weighted by Gasteiger charge is 2.17. The van der Waals surface area contributed by atoms with E-state index in [9.17, 15) is 4.79 Å². The smallest absolute Gasteiger partial charge is 0.257 e. The summed E-state index contributed by atoms with van der Waals surface area (Å²) in [6, 6.07) is 0. The number of primary amides is 1. The fourth-order valence-corrected chi connectivity index (χ4v) is 2.27. The molecule has 0 saturated carbocycles. The van der Waals surface area contributed by atoms with Gasteiger partial charge in [-0.05, 0) is 19.3 Å². The van der Waals surface area contributed by atoms with Gasteiger partial charge in [-0.25, -0.2) is 4.68 Å². The Morgan fingerprint density at radius 1 is 1.10 bits per heavy atom. The number of carbonyl (C=O) groups excluding carboxylic acids is 1. The summed E-state index contributed by atoms with van der Waals surface area (Å²) in [6.45, 7) is 1.79. The van der Waals surface area contributed by atoms with Crippen molar-refractivity contribution in [1.29, 1.82) is 0 Å². The minimum absolute atomic E-state index is 0.122. The van der Waals surface area contributed by atoms with E-state index in [0.717, 1.165) is 25.9 Å². The van der Waals surface area contributed by atoms with E-state index in [1.165, 1.54) is 23.5 Å². The van der Waals surface area contributed by atoms with Gasteiger partial charge in [-0.15, -0.1) is 0 Å². The first-order valence-corrected chi connectivity index (χ1v) is 6.75. The van der Waals surface area contributed by atoms with Crippen LogP contribution in [-0.4, -0.2) is 43.7 Å². The Labute approximate surface area is 121 Å². The van der Waals surface area contributed by atoms with E-state index < -0.39 is 5.91 Å². The van der Waals surface area contributed by atoms with Crippen LogP contribution >= 0.6 is 0 Å². The molecule has 0 aliphatic carbocycles. The maximum absolute atomic E-state index is 11.1. The topological polar surface area (TPSA) is 129 Å². The Balaban J connectivity index is 1.94. The number of anilines is 2. The maximum atomic E-state index is 11.1. The second-order valence-electron chi connectivity index (χ2n) is 4.88. The number of carbonyl (C=O) groups is 1. The first-order chi connectivity index (χ1) is 10.1. The average molecular weight is 288 g/mol. The Hall–Kier alpha value is -2.71. The van der Waals surface area contributed by atoms with Gasteiger partial charge in [0.05, 0.1) is 11.8 Å². The number of nitrogen functional groups attached to an aromatic ring is 1. The summed E-state index contributed by atoms with van der Waals surface area (Å²) in [5.41, 5.74) is 11.2. The van der Waals surface area contributed by atoms with Crippen molar-refractivity contribution in [2.24, 2.45) is 5.73 Å². The molecular formula is C12H16N8O. The first kappa shape index (κ1) is 13.3. The standard InChI is InChI=1S/C12H16N8O/c13-9(21)8-6-15-20(7-8)12-17-10(14)16-11(18-12)19-4-2-1-3-5-19/h6-7H,1-5H2,(H2,13,21)(H2,14,16,17,18). The van der Waals surface area contributed by atoms with E-state index in [1.807, 2.05) is 0 Å². The van der Waals surface area contributed by atoms with Crippen LogP contribution in [0.15, 0.2) is 12.4 Å². The zero-order valence-corrected chi connectivity index (χ0v) is 11.4. The molecule has 2 aromatic rings. The molecule has 0 bridgehead atoms. The van der Waals surface area contributed by atoms with Crippen molar-refractivity contribution in [2.75, 3.05) is 23.7 Å². The predicted molar refractivity (Wildman–Crippen MR) is 75.9 cm³/mol. The van der Waals surface area contributed by atoms with E-state index in [4.69, 9.17) is 11.5 Å². The third kappa shape index (κ3) is 2.76. The molecule has 9 nitrogen and oxygen atoms in total. The van der Waals surface area contributed by atoms with Gasteiger partial charge in [0.15, 0.2) is 0 Å². The molecule has 110 valence electrons. The van der Waals surface area contributed by atoms with Gasteiger partial charge in [-0.2, -0.15) is 20.1 Å². The Morgan fingerprint density at radius 2 is 1.81 bits per heavy atom. The molecule has 0 atom stereocenters. The van der Waals surface area contributed by atoms with Crippen molar-refractivity contribution in [3.8, 4) is 5.95 Å². The molecule has 2 aromatic heterocycles. The Kier molecular flexibility index (Phi) is 3.38. The second kappa shape index (κ2) is 5.35. The summed E-state index contributed by atoms with van der Waals surface area (Å²) < 4.78 is 1.37. The summed E-state index contributed by atoms with van der Waals surface area (Å²) in [7, 11) is 0. The Morgan fingerprint density at radius 3 is 2.48 bits per heavy atom. The number of rotatable bonds is 3. The number of amides is 1. The lowest BCUT2D eigenvalue weighted by Crippen LogP contribution is -2.31. The van der Waals surface area contributed by atoms with Crippen molar-refractivity contribution in [1.82, 2.24) is 24.7 Å². The van der Waals surface area contributed by atoms with E-state index in [-0.39, 0.29) is 17.5 Å². The number of nitrogens with two attached hydrogens (primary N) is 2. The molecule has 9 heteroatoms. The molecule has 1 amide bonds. The summed E-state index contributed by atoms with van der Waals surface area (Å²) in [5.74, 6) is 0.375. The number of nitrogens with zero attached hydrogens (tertiary/aromatic N) is 6. The molecule has 1 fully saturated rings. The molecule has 3 heterocycles. The minimum atomic E-state index is -0.556. The number of hydrogen-bond acceptors (Lipinski definition) is 7. The molecule has 0 unspecified atom stereocenters. The highest BCUT2D eigenvalue weighted by atomic mass is 16.1. The van der Waals surface area contributed by atoms with Gasteiger partial charge in [0.1, 0.15) is 0 Å². The van der Waals surface area contributed by atoms with Crippen LogP contribution in [0.4, 0.5) is 11.9 Å². The van der Waals surface area contributed by atoms with Gasteiger partial charge in [0.2, 0.25) is 11.9 Å². The van der Waals surface area contributed by atoms with Crippen molar-refractivity contribution >= 4 is 17.8 Å². The molecule has 4 N–H and O–H groups in total. The molecular weight excluding hydrogens is 272 g/mol. The monoisotopic (exact) mass is 288 g/mol. The quantitative estimate of drug-likeness (QED) is 0.795. The van der Waals surface area contributed by atoms with Crippen molar-refractivity contribution in [2.45, 2.75) is 19.3 Å². The van der Waals surface area contributed by atoms with Crippen LogP contribution < -0.4 is 16.4 Å². The second-order valence-corrected chi connectivity index (χ2v) is 4.88. The fourth-order valence-electron chi connectivity index (χ4n) is 2.27. The lowest BCUT2D eigenvalue weighted by molar-refractivity contribution is 0.100. The number of piperidine rings is 1. The molecule has 1 aliphatic rings. The van der Waals surface area contributed by atoms with Crippen LogP contribution in [0.3, 0.4) is 0 Å². The fraction of sp³-hybridized carbons (Fsp3) is 0.417. The van der Waals surface area contributed by atoms with E-state index in [1.54, 1.807) is 0 Å². The largest absolute Gasteiger partial charge is 0.368 e. The maximum Gasteiger partial charge on any atom is 0.257 e. The number of hydrogen-bond donors (Lipinski definition) is 2. The van der Waals surface area contributed by atoms with Gasteiger partial charge < -0.3 is 16.4 Å². The Bertz CT molecular complexity index is 661. The van der Waals surface area contributed by atoms with Crippen molar-refractivity contribution < 1.29 is 4.79 Å². The van der Waals surface area contributed by atoms with Crippen LogP contribution in [0.1, 0.15) is 29.6 Å². The zero-order valence-electron chi connectivity index (χ0n) is 11.4. The number of aromatic nitrogens is 5. The van der Waals surface area contributed by atoms with Crippen LogP contribution in [-0.2, 0) is 0 Å². The predicted octanol–water partition coefficient (Wildman–Crippen LogP) is -0.271. The van der Waals surface area contributed by atoms with E-state index >= 15 is 0 Å². The lowest BCUT2D eigenvalue weighted by Gasteiger charge is -2.26. The van der Waals surface area contributed by atoms with Crippen molar-refractivity contribution in [3.05, 3.63) is 18.0 Å². The van der Waals surface area contributed by atoms with Crippen LogP contribution in [0, 0.1) is 0 Å². The summed E-state index contributed by atoms with van der Waals surface area (Å²) in [4.78, 5) is 25.8. The van der Waals surface area contributed by atoms with Crippen LogP contribution in [0.2, 0.25) is 0 Å². The molecule has 1 aliphatic heterocycles. The molecule has 1 saturated heterocycles. The minimum Gasteiger partial charge on any atom is -0.368 e. The molecule has 0 aromatic carbocycles. The molecule has 21 heavy (non-hydrogen) atoms. The van der Waals surface area contributed by atoms with Gasteiger partial charge >= 0.3 is 0 Å². The first-order valence-electron chi connectivity index (χ1n) is 6.75. The van der Waals surface area contributed by atoms with E-state index in [2.05, 4.69) is 25.0 Å². The summed E-state index contributed by atoms with van der Waals surface area (Å²) >= 11 is 0. The van der Waals surface area contributed by atoms with Crippen LogP contribution in [0.5, 0.6) is 0 Å². The highest BCUT2D eigenvalue weighted by Crippen LogP contribution is 2.17. The normalized spacial score (nSPS) is 15.1. The van der Waals surface area contributed by atoms with Crippen molar-refractivity contribution in [3.63, 3.8) is 0 Å². The van der Waals surface area contributed by atoms with Crippen LogP contribution in [0.25, 0.3) is 5.95 Å². The third-order valence-electron chi connectivity index (χ3n) is 3.34. The molecule has 3 rings (SSSR count). The highest BCUT2D eigenvalue weighted by molar-refractivity contribution is 5.92. The van der Waals surface area contributed by atoms with Gasteiger partial charge in [-0.3, -0.25) is 4.79 Å².